The Bertz CT molecular complexity index is 1120. The summed E-state index contributed by atoms with van der Waals surface area (Å²) < 4.78 is 10.7. The highest BCUT2D eigenvalue weighted by Crippen LogP contribution is 2.28. The van der Waals surface area contributed by atoms with Crippen molar-refractivity contribution in [1.29, 1.82) is 0 Å². The summed E-state index contributed by atoms with van der Waals surface area (Å²) in [6.07, 6.45) is 0.544. The molecule has 9 nitrogen and oxygen atoms in total. The van der Waals surface area contributed by atoms with E-state index < -0.39 is 0 Å². The molecule has 2 heterocycles. The number of anilines is 2. The Labute approximate surface area is 218 Å². The van der Waals surface area contributed by atoms with Crippen molar-refractivity contribution in [3.05, 3.63) is 53.6 Å². The molecule has 0 radical (unpaired) electrons. The fraction of sp³-hybridized carbons (Fsp3) is 0.464. The van der Waals surface area contributed by atoms with Crippen LogP contribution in [0.4, 0.5) is 11.4 Å². The number of methoxy groups -OCH3 is 1. The molecule has 2 aromatic carbocycles. The minimum Gasteiger partial charge on any atom is -0.497 e. The van der Waals surface area contributed by atoms with Crippen LogP contribution in [0.2, 0.25) is 0 Å². The zero-order valence-corrected chi connectivity index (χ0v) is 21.9. The lowest BCUT2D eigenvalue weighted by molar-refractivity contribution is -0.132. The molecule has 0 unspecified atom stereocenters. The Kier molecular flexibility index (Phi) is 8.66. The zero-order valence-electron chi connectivity index (χ0n) is 21.9. The average Bonchev–Trinajstić information content (AvgIpc) is 2.93. The third-order valence-electron chi connectivity index (χ3n) is 6.67. The van der Waals surface area contributed by atoms with Crippen LogP contribution in [-0.4, -0.2) is 87.1 Å². The van der Waals surface area contributed by atoms with Crippen molar-refractivity contribution in [2.75, 3.05) is 69.8 Å². The molecule has 0 aliphatic carbocycles. The number of nitrogens with zero attached hydrogens (tertiary/aromatic N) is 3. The number of hydrogen-bond acceptors (Lipinski definition) is 6. The number of ether oxygens (including phenoxy) is 2. The molecule has 3 amide bonds. The molecule has 4 rings (SSSR count). The highest BCUT2D eigenvalue weighted by atomic mass is 16.5. The molecule has 0 aromatic heterocycles. The molecular weight excluding hydrogens is 472 g/mol. The van der Waals surface area contributed by atoms with E-state index in [1.807, 2.05) is 30.9 Å². The van der Waals surface area contributed by atoms with Gasteiger partial charge < -0.3 is 29.5 Å². The van der Waals surface area contributed by atoms with E-state index in [9.17, 15) is 14.4 Å². The van der Waals surface area contributed by atoms with Crippen molar-refractivity contribution < 1.29 is 23.9 Å². The van der Waals surface area contributed by atoms with Gasteiger partial charge in [-0.2, -0.15) is 0 Å². The van der Waals surface area contributed by atoms with Gasteiger partial charge in [0.15, 0.2) is 0 Å². The second kappa shape index (κ2) is 12.1. The number of piperazine rings is 1. The molecule has 2 aliphatic heterocycles. The van der Waals surface area contributed by atoms with Crippen LogP contribution < -0.4 is 15.0 Å². The number of carbonyl (C=O) groups excluding carboxylic acids is 3. The molecule has 0 spiro atoms. The molecule has 1 N–H and O–H groups in total. The Hall–Kier alpha value is -3.59. The van der Waals surface area contributed by atoms with Crippen molar-refractivity contribution in [3.8, 4) is 5.75 Å². The van der Waals surface area contributed by atoms with Crippen LogP contribution in [0.25, 0.3) is 0 Å². The van der Waals surface area contributed by atoms with Gasteiger partial charge in [-0.05, 0) is 42.3 Å². The first-order chi connectivity index (χ1) is 17.9. The Morgan fingerprint density at radius 3 is 2.35 bits per heavy atom. The van der Waals surface area contributed by atoms with Gasteiger partial charge in [-0.3, -0.25) is 14.4 Å². The standard InChI is InChI=1S/C28H36N4O5/c1-20(2)17-26(33)31-11-9-30(10-12-31)25-8-7-22(19-24(25)28(35)32-13-15-37-16-14-32)29-27(34)21-5-4-6-23(18-21)36-3/h4-8,18-20H,9-17H2,1-3H3,(H,29,34). The van der Waals surface area contributed by atoms with E-state index in [0.717, 1.165) is 5.69 Å². The lowest BCUT2D eigenvalue weighted by atomic mass is 10.1. The third-order valence-corrected chi connectivity index (χ3v) is 6.67. The van der Waals surface area contributed by atoms with Crippen molar-refractivity contribution in [2.45, 2.75) is 20.3 Å². The van der Waals surface area contributed by atoms with Crippen molar-refractivity contribution in [3.63, 3.8) is 0 Å². The van der Waals surface area contributed by atoms with Crippen LogP contribution in [0.3, 0.4) is 0 Å². The number of benzene rings is 2. The van der Waals surface area contributed by atoms with Gasteiger partial charge in [0.1, 0.15) is 5.75 Å². The number of morpholine rings is 1. The quantitative estimate of drug-likeness (QED) is 0.618. The Morgan fingerprint density at radius 2 is 1.68 bits per heavy atom. The first-order valence-electron chi connectivity index (χ1n) is 12.8. The molecule has 37 heavy (non-hydrogen) atoms. The van der Waals surface area contributed by atoms with Crippen LogP contribution in [0.15, 0.2) is 42.5 Å². The van der Waals surface area contributed by atoms with Gasteiger partial charge in [-0.15, -0.1) is 0 Å². The largest absolute Gasteiger partial charge is 0.497 e. The number of amides is 3. The molecular formula is C28H36N4O5. The minimum absolute atomic E-state index is 0.0888. The number of hydrogen-bond donors (Lipinski definition) is 1. The molecule has 0 bridgehead atoms. The molecule has 2 fully saturated rings. The lowest BCUT2D eigenvalue weighted by Gasteiger charge is -2.38. The van der Waals surface area contributed by atoms with Gasteiger partial charge in [0, 0.05) is 62.6 Å². The Balaban J connectivity index is 1.55. The molecule has 2 saturated heterocycles. The van der Waals surface area contributed by atoms with Crippen LogP contribution in [-0.2, 0) is 9.53 Å². The van der Waals surface area contributed by atoms with Gasteiger partial charge in [0.25, 0.3) is 11.8 Å². The first-order valence-corrected chi connectivity index (χ1v) is 12.8. The SMILES string of the molecule is COc1cccc(C(=O)Nc2ccc(N3CCN(C(=O)CC(C)C)CC3)c(C(=O)N3CCOCC3)c2)c1. The average molecular weight is 509 g/mol. The second-order valence-corrected chi connectivity index (χ2v) is 9.79. The fourth-order valence-electron chi connectivity index (χ4n) is 4.64. The maximum atomic E-state index is 13.6. The van der Waals surface area contributed by atoms with Crippen molar-refractivity contribution in [1.82, 2.24) is 9.80 Å². The third kappa shape index (κ3) is 6.60. The van der Waals surface area contributed by atoms with E-state index in [2.05, 4.69) is 10.2 Å². The van der Waals surface area contributed by atoms with Crippen LogP contribution in [0.1, 0.15) is 41.0 Å². The maximum Gasteiger partial charge on any atom is 0.256 e. The van der Waals surface area contributed by atoms with E-state index >= 15 is 0 Å². The van der Waals surface area contributed by atoms with Gasteiger partial charge in [0.05, 0.1) is 25.9 Å². The van der Waals surface area contributed by atoms with Gasteiger partial charge in [-0.25, -0.2) is 0 Å². The van der Waals surface area contributed by atoms with E-state index in [0.29, 0.717) is 87.4 Å². The summed E-state index contributed by atoms with van der Waals surface area (Å²) >= 11 is 0. The summed E-state index contributed by atoms with van der Waals surface area (Å²) in [6, 6.07) is 12.4. The molecule has 9 heteroatoms. The molecule has 0 saturated carbocycles. The maximum absolute atomic E-state index is 13.6. The topological polar surface area (TPSA) is 91.4 Å². The first kappa shape index (κ1) is 26.5. The Morgan fingerprint density at radius 1 is 0.946 bits per heavy atom. The summed E-state index contributed by atoms with van der Waals surface area (Å²) in [5, 5.41) is 2.92. The summed E-state index contributed by atoms with van der Waals surface area (Å²) in [5.41, 5.74) is 2.35. The predicted molar refractivity (Wildman–Crippen MR) is 142 cm³/mol. The number of carbonyl (C=O) groups is 3. The van der Waals surface area contributed by atoms with Gasteiger partial charge in [0.2, 0.25) is 5.91 Å². The van der Waals surface area contributed by atoms with Crippen molar-refractivity contribution >= 4 is 29.1 Å². The van der Waals surface area contributed by atoms with Crippen LogP contribution >= 0.6 is 0 Å². The smallest absolute Gasteiger partial charge is 0.256 e. The van der Waals surface area contributed by atoms with E-state index in [4.69, 9.17) is 9.47 Å². The monoisotopic (exact) mass is 508 g/mol. The second-order valence-electron chi connectivity index (χ2n) is 9.79. The predicted octanol–water partition coefficient (Wildman–Crippen LogP) is 3.11. The number of nitrogens with one attached hydrogen (secondary N) is 1. The molecule has 2 aliphatic rings. The molecule has 198 valence electrons. The fourth-order valence-corrected chi connectivity index (χ4v) is 4.64. The zero-order chi connectivity index (χ0) is 26.4. The van der Waals surface area contributed by atoms with E-state index in [1.54, 1.807) is 42.3 Å². The summed E-state index contributed by atoms with van der Waals surface area (Å²) in [5.74, 6) is 0.720. The summed E-state index contributed by atoms with van der Waals surface area (Å²) in [6.45, 7) is 8.67. The lowest BCUT2D eigenvalue weighted by Crippen LogP contribution is -2.49. The van der Waals surface area contributed by atoms with Gasteiger partial charge >= 0.3 is 0 Å². The normalized spacial score (nSPS) is 16.1. The summed E-state index contributed by atoms with van der Waals surface area (Å²) in [7, 11) is 1.55. The van der Waals surface area contributed by atoms with Crippen molar-refractivity contribution in [2.24, 2.45) is 5.92 Å². The number of rotatable bonds is 7. The highest BCUT2D eigenvalue weighted by Gasteiger charge is 2.27. The van der Waals surface area contributed by atoms with Crippen LogP contribution in [0.5, 0.6) is 5.75 Å². The van der Waals surface area contributed by atoms with Crippen LogP contribution in [0, 0.1) is 5.92 Å². The van der Waals surface area contributed by atoms with E-state index in [1.165, 1.54) is 0 Å². The highest BCUT2D eigenvalue weighted by molar-refractivity contribution is 6.06. The molecule has 0 atom stereocenters. The molecule has 2 aromatic rings. The minimum atomic E-state index is -0.284. The van der Waals surface area contributed by atoms with Gasteiger partial charge in [-0.1, -0.05) is 19.9 Å². The summed E-state index contributed by atoms with van der Waals surface area (Å²) in [4.78, 5) is 44.9. The van der Waals surface area contributed by atoms with E-state index in [-0.39, 0.29) is 17.7 Å².